The Morgan fingerprint density at radius 2 is 1.88 bits per heavy atom. The Kier molecular flexibility index (Phi) is 4.16. The minimum Gasteiger partial charge on any atom is -0.196 e. The number of aryl methyl sites for hydroxylation is 2. The molecule has 0 saturated carbocycles. The van der Waals surface area contributed by atoms with Gasteiger partial charge in [-0.2, -0.15) is 4.57 Å². The van der Waals surface area contributed by atoms with Gasteiger partial charge in [0.25, 0.3) is 0 Å². The van der Waals surface area contributed by atoms with E-state index in [0.29, 0.717) is 0 Å². The van der Waals surface area contributed by atoms with E-state index in [0.717, 1.165) is 6.54 Å². The first kappa shape index (κ1) is 11.8. The van der Waals surface area contributed by atoms with Gasteiger partial charge < -0.3 is 0 Å². The summed E-state index contributed by atoms with van der Waals surface area (Å²) in [6.07, 6.45) is 2.57. The van der Waals surface area contributed by atoms with Gasteiger partial charge in [-0.3, -0.25) is 0 Å². The van der Waals surface area contributed by atoms with Gasteiger partial charge >= 0.3 is 0 Å². The predicted molar refractivity (Wildman–Crippen MR) is 77.0 cm³/mol. The van der Waals surface area contributed by atoms with E-state index in [1.807, 2.05) is 0 Å². The van der Waals surface area contributed by atoms with Crippen LogP contribution in [0.15, 0.2) is 36.4 Å². The minimum absolute atomic E-state index is 1.14. The number of aromatic nitrogens is 1. The summed E-state index contributed by atoms with van der Waals surface area (Å²) < 4.78 is 3.68. The number of para-hydroxylation sites is 1. The molecule has 1 aromatic heterocycles. The number of nitrogens with zero attached hydrogens (tertiary/aromatic N) is 1. The van der Waals surface area contributed by atoms with E-state index in [2.05, 4.69) is 70.5 Å². The lowest BCUT2D eigenvalue weighted by Crippen LogP contribution is -2.37. The van der Waals surface area contributed by atoms with Crippen LogP contribution in [0, 0.1) is 6.92 Å². The number of halogens is 1. The average Bonchev–Trinajstić information content (AvgIpc) is 2.32. The van der Waals surface area contributed by atoms with Crippen molar-refractivity contribution in [1.29, 1.82) is 0 Å². The summed E-state index contributed by atoms with van der Waals surface area (Å²) in [7, 11) is 0. The lowest BCUT2D eigenvalue weighted by molar-refractivity contribution is -0.677. The van der Waals surface area contributed by atoms with Crippen LogP contribution in [0.3, 0.4) is 0 Å². The van der Waals surface area contributed by atoms with Crippen molar-refractivity contribution in [2.24, 2.45) is 0 Å². The molecular weight excluding hydrogens is 309 g/mol. The summed E-state index contributed by atoms with van der Waals surface area (Å²) in [5.74, 6) is 0. The monoisotopic (exact) mass is 326 g/mol. The highest BCUT2D eigenvalue weighted by Crippen LogP contribution is 2.10. The fourth-order valence-corrected chi connectivity index (χ4v) is 2.57. The maximum atomic E-state index is 2.45. The zero-order valence-corrected chi connectivity index (χ0v) is 11.8. The molecule has 0 atom stereocenters. The Bertz CT molecular complexity index is 479. The first-order chi connectivity index (χ1) is 7.83. The SMILES string of the molecule is Cc1ccc2ccccc2[n+]1CCCCI. The van der Waals surface area contributed by atoms with Crippen molar-refractivity contribution >= 4 is 33.5 Å². The zero-order valence-electron chi connectivity index (χ0n) is 9.62. The van der Waals surface area contributed by atoms with Crippen molar-refractivity contribution in [2.75, 3.05) is 4.43 Å². The molecule has 0 saturated heterocycles. The van der Waals surface area contributed by atoms with Crippen molar-refractivity contribution in [1.82, 2.24) is 0 Å². The molecule has 2 aromatic rings. The molecule has 1 aromatic carbocycles. The molecule has 2 heteroatoms. The van der Waals surface area contributed by atoms with Crippen molar-refractivity contribution in [3.05, 3.63) is 42.1 Å². The van der Waals surface area contributed by atoms with Crippen molar-refractivity contribution < 1.29 is 4.57 Å². The number of rotatable bonds is 4. The molecular formula is C14H17IN+. The van der Waals surface area contributed by atoms with E-state index in [1.165, 1.54) is 33.9 Å². The van der Waals surface area contributed by atoms with Gasteiger partial charge in [-0.25, -0.2) is 0 Å². The van der Waals surface area contributed by atoms with Crippen LogP contribution in [-0.2, 0) is 6.54 Å². The number of hydrogen-bond donors (Lipinski definition) is 0. The third-order valence-electron chi connectivity index (χ3n) is 2.92. The Morgan fingerprint density at radius 1 is 1.06 bits per heavy atom. The van der Waals surface area contributed by atoms with Crippen molar-refractivity contribution in [2.45, 2.75) is 26.3 Å². The molecule has 0 N–H and O–H groups in total. The van der Waals surface area contributed by atoms with E-state index in [-0.39, 0.29) is 0 Å². The molecule has 2 rings (SSSR count). The third-order valence-corrected chi connectivity index (χ3v) is 3.69. The largest absolute Gasteiger partial charge is 0.212 e. The minimum atomic E-state index is 1.14. The lowest BCUT2D eigenvalue weighted by Gasteiger charge is -2.04. The van der Waals surface area contributed by atoms with Gasteiger partial charge in [0, 0.05) is 30.9 Å². The van der Waals surface area contributed by atoms with E-state index in [1.54, 1.807) is 0 Å². The van der Waals surface area contributed by atoms with Gasteiger partial charge in [-0.05, 0) is 23.0 Å². The highest BCUT2D eigenvalue weighted by molar-refractivity contribution is 14.1. The molecule has 0 radical (unpaired) electrons. The van der Waals surface area contributed by atoms with Gasteiger partial charge in [0.1, 0.15) is 6.54 Å². The molecule has 0 amide bonds. The van der Waals surface area contributed by atoms with Crippen LogP contribution in [0.4, 0.5) is 0 Å². The summed E-state index contributed by atoms with van der Waals surface area (Å²) in [5.41, 5.74) is 2.71. The van der Waals surface area contributed by atoms with Crippen LogP contribution >= 0.6 is 22.6 Å². The van der Waals surface area contributed by atoms with Gasteiger partial charge in [0.05, 0.1) is 0 Å². The lowest BCUT2D eigenvalue weighted by atomic mass is 10.2. The quantitative estimate of drug-likeness (QED) is 0.349. The second-order valence-corrected chi connectivity index (χ2v) is 5.16. The van der Waals surface area contributed by atoms with Gasteiger partial charge in [0.15, 0.2) is 5.69 Å². The fourth-order valence-electron chi connectivity index (χ4n) is 2.03. The highest BCUT2D eigenvalue weighted by atomic mass is 127. The van der Waals surface area contributed by atoms with Crippen LogP contribution < -0.4 is 4.57 Å². The molecule has 84 valence electrons. The normalized spacial score (nSPS) is 10.9. The van der Waals surface area contributed by atoms with Gasteiger partial charge in [-0.1, -0.05) is 34.7 Å². The number of benzene rings is 1. The standard InChI is InChI=1S/C14H17IN/c1-12-8-9-13-6-2-3-7-14(13)16(12)11-5-4-10-15/h2-3,6-9H,4-5,10-11H2,1H3/q+1. The first-order valence-corrected chi connectivity index (χ1v) is 7.29. The molecule has 0 fully saturated rings. The van der Waals surface area contributed by atoms with Crippen molar-refractivity contribution in [3.63, 3.8) is 0 Å². The summed E-state index contributed by atoms with van der Waals surface area (Å²) in [6, 6.07) is 13.0. The van der Waals surface area contributed by atoms with E-state index >= 15 is 0 Å². The second-order valence-electron chi connectivity index (χ2n) is 4.08. The number of fused-ring (bicyclic) bond motifs is 1. The Labute approximate surface area is 111 Å². The van der Waals surface area contributed by atoms with E-state index < -0.39 is 0 Å². The topological polar surface area (TPSA) is 3.88 Å². The molecule has 0 spiro atoms. The molecule has 0 aliphatic carbocycles. The average molecular weight is 326 g/mol. The van der Waals surface area contributed by atoms with Crippen LogP contribution in [-0.4, -0.2) is 4.43 Å². The van der Waals surface area contributed by atoms with Crippen LogP contribution in [0.2, 0.25) is 0 Å². The molecule has 1 nitrogen and oxygen atoms in total. The van der Waals surface area contributed by atoms with Gasteiger partial charge in [-0.15, -0.1) is 0 Å². The van der Waals surface area contributed by atoms with Crippen LogP contribution in [0.25, 0.3) is 10.9 Å². The fraction of sp³-hybridized carbons (Fsp3) is 0.357. The molecule has 16 heavy (non-hydrogen) atoms. The maximum absolute atomic E-state index is 2.45. The Hall–Kier alpha value is -0.640. The summed E-state index contributed by atoms with van der Waals surface area (Å²) in [6.45, 7) is 3.33. The second kappa shape index (κ2) is 5.62. The maximum Gasteiger partial charge on any atom is 0.212 e. The van der Waals surface area contributed by atoms with E-state index in [4.69, 9.17) is 0 Å². The molecule has 0 bridgehead atoms. The third kappa shape index (κ3) is 2.54. The number of pyridine rings is 1. The molecule has 1 heterocycles. The van der Waals surface area contributed by atoms with Gasteiger partial charge in [0.2, 0.25) is 5.52 Å². The smallest absolute Gasteiger partial charge is 0.196 e. The highest BCUT2D eigenvalue weighted by Gasteiger charge is 2.10. The molecule has 0 aliphatic heterocycles. The Balaban J connectivity index is 2.37. The molecule has 0 unspecified atom stereocenters. The van der Waals surface area contributed by atoms with E-state index in [9.17, 15) is 0 Å². The predicted octanol–water partition coefficient (Wildman–Crippen LogP) is 3.65. The summed E-state index contributed by atoms with van der Waals surface area (Å²) in [5, 5.41) is 1.34. The number of hydrogen-bond acceptors (Lipinski definition) is 0. The zero-order chi connectivity index (χ0) is 11.4. The molecule has 0 aliphatic rings. The number of unbranched alkanes of at least 4 members (excludes halogenated alkanes) is 1. The van der Waals surface area contributed by atoms with Crippen LogP contribution in [0.5, 0.6) is 0 Å². The Morgan fingerprint density at radius 3 is 2.69 bits per heavy atom. The summed E-state index contributed by atoms with van der Waals surface area (Å²) >= 11 is 2.45. The van der Waals surface area contributed by atoms with Crippen molar-refractivity contribution in [3.8, 4) is 0 Å². The first-order valence-electron chi connectivity index (χ1n) is 5.77. The summed E-state index contributed by atoms with van der Waals surface area (Å²) in [4.78, 5) is 0. The number of alkyl halides is 1. The van der Waals surface area contributed by atoms with Crippen LogP contribution in [0.1, 0.15) is 18.5 Å².